The Balaban J connectivity index is 2.40. The number of rotatable bonds is 3. The zero-order valence-electron chi connectivity index (χ0n) is 8.82. The molecule has 1 aromatic carbocycles. The molecule has 0 bridgehead atoms. The van der Waals surface area contributed by atoms with Crippen molar-refractivity contribution in [3.05, 3.63) is 41.0 Å². The van der Waals surface area contributed by atoms with E-state index in [1.54, 1.807) is 31.2 Å². The van der Waals surface area contributed by atoms with Crippen LogP contribution in [0.4, 0.5) is 0 Å². The molecule has 3 nitrogen and oxygen atoms in total. The number of carbonyl (C=O) groups is 3. The Bertz CT molecular complexity index is 524. The first-order chi connectivity index (χ1) is 7.65. The van der Waals surface area contributed by atoms with E-state index in [1.807, 2.05) is 0 Å². The van der Waals surface area contributed by atoms with Gasteiger partial charge in [0.25, 0.3) is 0 Å². The molecule has 16 heavy (non-hydrogen) atoms. The number of hydrogen-bond acceptors (Lipinski definition) is 3. The summed E-state index contributed by atoms with van der Waals surface area (Å²) in [5, 5.41) is 0. The van der Waals surface area contributed by atoms with Crippen molar-refractivity contribution in [2.75, 3.05) is 0 Å². The van der Waals surface area contributed by atoms with Crippen LogP contribution in [0.3, 0.4) is 0 Å². The summed E-state index contributed by atoms with van der Waals surface area (Å²) < 4.78 is 0. The van der Waals surface area contributed by atoms with Crippen LogP contribution in [-0.4, -0.2) is 17.3 Å². The molecule has 2 rings (SSSR count). The number of carbonyl (C=O) groups excluding carboxylic acids is 3. The first-order valence-corrected chi connectivity index (χ1v) is 5.08. The van der Waals surface area contributed by atoms with Crippen molar-refractivity contribution < 1.29 is 14.4 Å². The lowest BCUT2D eigenvalue weighted by Gasteiger charge is -1.97. The van der Waals surface area contributed by atoms with Gasteiger partial charge in [-0.2, -0.15) is 0 Å². The van der Waals surface area contributed by atoms with Gasteiger partial charge in [-0.25, -0.2) is 0 Å². The molecule has 0 unspecified atom stereocenters. The molecule has 0 saturated heterocycles. The number of allylic oxidation sites excluding steroid dienone is 1. The van der Waals surface area contributed by atoms with E-state index in [4.69, 9.17) is 0 Å². The third-order valence-corrected chi connectivity index (χ3v) is 2.57. The summed E-state index contributed by atoms with van der Waals surface area (Å²) >= 11 is 0. The minimum Gasteiger partial charge on any atom is -0.290 e. The Hall–Kier alpha value is -2.03. The minimum atomic E-state index is -0.677. The van der Waals surface area contributed by atoms with Gasteiger partial charge in [-0.1, -0.05) is 31.2 Å². The Labute approximate surface area is 92.8 Å². The van der Waals surface area contributed by atoms with E-state index < -0.39 is 11.6 Å². The van der Waals surface area contributed by atoms with E-state index >= 15 is 0 Å². The van der Waals surface area contributed by atoms with Crippen LogP contribution in [0.5, 0.6) is 0 Å². The highest BCUT2D eigenvalue weighted by molar-refractivity contribution is 6.53. The largest absolute Gasteiger partial charge is 0.290 e. The Kier molecular flexibility index (Phi) is 2.52. The molecular formula is C13H10O3. The lowest BCUT2D eigenvalue weighted by Crippen LogP contribution is -2.18. The number of ketones is 3. The second kappa shape index (κ2) is 3.85. The first kappa shape index (κ1) is 10.5. The number of benzene rings is 1. The molecule has 0 spiro atoms. The van der Waals surface area contributed by atoms with Crippen molar-refractivity contribution in [3.63, 3.8) is 0 Å². The van der Waals surface area contributed by atoms with E-state index in [2.05, 4.69) is 0 Å². The van der Waals surface area contributed by atoms with Gasteiger partial charge in [-0.05, 0) is 11.6 Å². The fourth-order valence-corrected chi connectivity index (χ4v) is 1.68. The number of fused-ring (bicyclic) bond motifs is 1. The van der Waals surface area contributed by atoms with E-state index in [0.29, 0.717) is 11.1 Å². The normalized spacial score (nSPS) is 13.3. The fraction of sp³-hybridized carbons (Fsp3) is 0.154. The highest BCUT2D eigenvalue weighted by Gasteiger charge is 2.29. The van der Waals surface area contributed by atoms with Crippen molar-refractivity contribution in [2.45, 2.75) is 13.3 Å². The smallest absolute Gasteiger partial charge is 0.232 e. The van der Waals surface area contributed by atoms with Crippen LogP contribution in [0.1, 0.15) is 29.3 Å². The molecule has 0 radical (unpaired) electrons. The highest BCUT2D eigenvalue weighted by Crippen LogP contribution is 2.25. The highest BCUT2D eigenvalue weighted by atomic mass is 16.2. The van der Waals surface area contributed by atoms with Crippen molar-refractivity contribution in [3.8, 4) is 0 Å². The van der Waals surface area contributed by atoms with Crippen molar-refractivity contribution >= 4 is 23.4 Å². The quantitative estimate of drug-likeness (QED) is 0.569. The summed E-state index contributed by atoms with van der Waals surface area (Å²) in [5.74, 6) is -1.54. The van der Waals surface area contributed by atoms with Crippen LogP contribution in [0.15, 0.2) is 29.8 Å². The summed E-state index contributed by atoms with van der Waals surface area (Å²) in [7, 11) is 0. The van der Waals surface area contributed by atoms with Crippen LogP contribution in [-0.2, 0) is 9.59 Å². The third-order valence-electron chi connectivity index (χ3n) is 2.57. The topological polar surface area (TPSA) is 51.2 Å². The van der Waals surface area contributed by atoms with Gasteiger partial charge in [-0.15, -0.1) is 0 Å². The van der Waals surface area contributed by atoms with Crippen LogP contribution in [0.2, 0.25) is 0 Å². The molecular weight excluding hydrogens is 204 g/mol. The molecule has 0 aromatic heterocycles. The first-order valence-electron chi connectivity index (χ1n) is 5.08. The third kappa shape index (κ3) is 1.50. The van der Waals surface area contributed by atoms with E-state index in [1.165, 1.54) is 6.08 Å². The summed E-state index contributed by atoms with van der Waals surface area (Å²) in [4.78, 5) is 34.7. The zero-order chi connectivity index (χ0) is 11.7. The van der Waals surface area contributed by atoms with Gasteiger partial charge in [0.1, 0.15) is 0 Å². The maximum atomic E-state index is 11.8. The van der Waals surface area contributed by atoms with Crippen molar-refractivity contribution in [1.82, 2.24) is 0 Å². The summed E-state index contributed by atoms with van der Waals surface area (Å²) in [6, 6.07) is 6.94. The lowest BCUT2D eigenvalue weighted by atomic mass is 10.0. The van der Waals surface area contributed by atoms with Crippen LogP contribution in [0, 0.1) is 0 Å². The van der Waals surface area contributed by atoms with Gasteiger partial charge in [0, 0.05) is 12.0 Å². The molecule has 0 N–H and O–H groups in total. The summed E-state index contributed by atoms with van der Waals surface area (Å²) in [5.41, 5.74) is 1.20. The second-order valence-corrected chi connectivity index (χ2v) is 3.58. The van der Waals surface area contributed by atoms with Gasteiger partial charge in [0.15, 0.2) is 5.78 Å². The molecule has 0 aliphatic heterocycles. The SMILES string of the molecule is CCC(=O)C(=O)C1=Cc2ccccc2C1=O. The van der Waals surface area contributed by atoms with E-state index in [-0.39, 0.29) is 17.8 Å². The maximum Gasteiger partial charge on any atom is 0.232 e. The van der Waals surface area contributed by atoms with Crippen LogP contribution in [0.25, 0.3) is 6.08 Å². The van der Waals surface area contributed by atoms with Crippen LogP contribution >= 0.6 is 0 Å². The van der Waals surface area contributed by atoms with Crippen molar-refractivity contribution in [2.24, 2.45) is 0 Å². The summed E-state index contributed by atoms with van der Waals surface area (Å²) in [6.07, 6.45) is 1.62. The Morgan fingerprint density at radius 2 is 1.88 bits per heavy atom. The van der Waals surface area contributed by atoms with E-state index in [9.17, 15) is 14.4 Å². The number of hydrogen-bond donors (Lipinski definition) is 0. The molecule has 3 heteroatoms. The average molecular weight is 214 g/mol. The molecule has 0 fully saturated rings. The predicted octanol–water partition coefficient (Wildman–Crippen LogP) is 1.81. The van der Waals surface area contributed by atoms with Gasteiger partial charge < -0.3 is 0 Å². The molecule has 1 aliphatic rings. The monoisotopic (exact) mass is 214 g/mol. The number of Topliss-reactive ketones (excluding diaryl/α,β-unsaturated/α-hetero) is 3. The maximum absolute atomic E-state index is 11.8. The molecule has 0 heterocycles. The molecule has 0 amide bonds. The van der Waals surface area contributed by atoms with Crippen molar-refractivity contribution in [1.29, 1.82) is 0 Å². The van der Waals surface area contributed by atoms with E-state index in [0.717, 1.165) is 0 Å². The second-order valence-electron chi connectivity index (χ2n) is 3.58. The van der Waals surface area contributed by atoms with Gasteiger partial charge in [0.2, 0.25) is 11.6 Å². The molecule has 1 aliphatic carbocycles. The standard InChI is InChI=1S/C13H10O3/c1-2-11(14)13(16)10-7-8-5-3-4-6-9(8)12(10)15/h3-7H,2H2,1H3. The molecule has 80 valence electrons. The zero-order valence-corrected chi connectivity index (χ0v) is 8.82. The fourth-order valence-electron chi connectivity index (χ4n) is 1.68. The predicted molar refractivity (Wildman–Crippen MR) is 59.1 cm³/mol. The van der Waals surface area contributed by atoms with Crippen LogP contribution < -0.4 is 0 Å². The molecule has 0 saturated carbocycles. The lowest BCUT2D eigenvalue weighted by molar-refractivity contribution is -0.133. The minimum absolute atomic E-state index is 0.00644. The Morgan fingerprint density at radius 3 is 2.50 bits per heavy atom. The summed E-state index contributed by atoms with van der Waals surface area (Å²) in [6.45, 7) is 1.60. The van der Waals surface area contributed by atoms with Gasteiger partial charge in [0.05, 0.1) is 5.57 Å². The van der Waals surface area contributed by atoms with Gasteiger partial charge in [-0.3, -0.25) is 14.4 Å². The average Bonchev–Trinajstić information content (AvgIpc) is 2.65. The molecule has 0 atom stereocenters. The van der Waals surface area contributed by atoms with Gasteiger partial charge >= 0.3 is 0 Å². The molecule has 1 aromatic rings. The Morgan fingerprint density at radius 1 is 1.19 bits per heavy atom.